The molecule has 2 aliphatic rings. The fourth-order valence-electron chi connectivity index (χ4n) is 3.69. The molecule has 0 saturated heterocycles. The van der Waals surface area contributed by atoms with Gasteiger partial charge in [-0.15, -0.1) is 0 Å². The number of allylic oxidation sites excluding steroid dienone is 4. The van der Waals surface area contributed by atoms with Crippen molar-refractivity contribution in [3.63, 3.8) is 0 Å². The Hall–Kier alpha value is -1.91. The molecule has 8 nitrogen and oxygen atoms in total. The van der Waals surface area contributed by atoms with Crippen molar-refractivity contribution in [3.05, 3.63) is 28.5 Å². The highest BCUT2D eigenvalue weighted by atomic mass is 32.2. The van der Waals surface area contributed by atoms with Gasteiger partial charge in [-0.3, -0.25) is 0 Å². The minimum Gasteiger partial charge on any atom is -0.382 e. The van der Waals surface area contributed by atoms with Crippen LogP contribution in [0.15, 0.2) is 33.6 Å². The maximum Gasteiger partial charge on any atom is 0.210 e. The van der Waals surface area contributed by atoms with Crippen LogP contribution in [-0.2, 0) is 16.6 Å². The molecule has 1 unspecified atom stereocenters. The first-order valence-electron chi connectivity index (χ1n) is 8.89. The summed E-state index contributed by atoms with van der Waals surface area (Å²) in [6, 6.07) is 0. The molecule has 0 fully saturated rings. The van der Waals surface area contributed by atoms with Crippen LogP contribution in [0.1, 0.15) is 32.6 Å². The SMILES string of the molecule is CC1CC2=C(C=C1Sc1nc3c(N)ncnc3n1CCS(N)(=O)=O)CCC2. The van der Waals surface area contributed by atoms with Crippen LogP contribution < -0.4 is 10.9 Å². The Bertz CT molecular complexity index is 1070. The standard InChI is InChI=1S/C17H22N6O2S2/c1-10-7-11-3-2-4-12(11)8-13(10)26-17-22-14-15(18)20-9-21-16(14)23(17)5-6-27(19,24)25/h8-10H,2-7H2,1H3,(H2,18,20,21)(H2,19,24,25). The second kappa shape index (κ2) is 6.92. The fourth-order valence-corrected chi connectivity index (χ4v) is 5.25. The van der Waals surface area contributed by atoms with Crippen LogP contribution in [0.2, 0.25) is 0 Å². The zero-order valence-electron chi connectivity index (χ0n) is 15.1. The highest BCUT2D eigenvalue weighted by Crippen LogP contribution is 2.44. The van der Waals surface area contributed by atoms with Crippen molar-refractivity contribution in [2.24, 2.45) is 11.1 Å². The highest BCUT2D eigenvalue weighted by molar-refractivity contribution is 8.03. The van der Waals surface area contributed by atoms with Gasteiger partial charge in [-0.05, 0) is 48.2 Å². The second-order valence-electron chi connectivity index (χ2n) is 7.08. The number of nitrogens with two attached hydrogens (primary N) is 2. The number of hydrogen-bond donors (Lipinski definition) is 2. The lowest BCUT2D eigenvalue weighted by Crippen LogP contribution is -2.21. The number of imidazole rings is 1. The molecule has 2 heterocycles. The minimum absolute atomic E-state index is 0.170. The van der Waals surface area contributed by atoms with E-state index in [0.717, 1.165) is 12.8 Å². The summed E-state index contributed by atoms with van der Waals surface area (Å²) in [4.78, 5) is 14.1. The van der Waals surface area contributed by atoms with E-state index in [0.29, 0.717) is 22.2 Å². The molecule has 0 amide bonds. The van der Waals surface area contributed by atoms with Crippen LogP contribution >= 0.6 is 11.8 Å². The summed E-state index contributed by atoms with van der Waals surface area (Å²) in [6.45, 7) is 2.39. The summed E-state index contributed by atoms with van der Waals surface area (Å²) in [5.41, 5.74) is 9.98. The van der Waals surface area contributed by atoms with E-state index >= 15 is 0 Å². The Morgan fingerprint density at radius 1 is 1.33 bits per heavy atom. The third-order valence-corrected chi connectivity index (χ3v) is 7.07. The normalized spacial score (nSPS) is 20.2. The molecule has 1 atom stereocenters. The molecule has 0 radical (unpaired) electrons. The molecule has 0 bridgehead atoms. The van der Waals surface area contributed by atoms with Crippen molar-refractivity contribution >= 4 is 38.8 Å². The largest absolute Gasteiger partial charge is 0.382 e. The van der Waals surface area contributed by atoms with Crippen molar-refractivity contribution in [1.29, 1.82) is 0 Å². The number of aromatic nitrogens is 4. The average Bonchev–Trinajstić information content (AvgIpc) is 3.17. The molecule has 0 saturated carbocycles. The van der Waals surface area contributed by atoms with Gasteiger partial charge in [0, 0.05) is 6.54 Å². The van der Waals surface area contributed by atoms with E-state index in [2.05, 4.69) is 28.0 Å². The van der Waals surface area contributed by atoms with Gasteiger partial charge in [-0.25, -0.2) is 28.5 Å². The van der Waals surface area contributed by atoms with Crippen LogP contribution in [0.25, 0.3) is 11.2 Å². The first kappa shape index (κ1) is 18.5. The van der Waals surface area contributed by atoms with Crippen molar-refractivity contribution < 1.29 is 8.42 Å². The van der Waals surface area contributed by atoms with Crippen LogP contribution in [0.3, 0.4) is 0 Å². The van der Waals surface area contributed by atoms with E-state index < -0.39 is 10.0 Å². The number of fused-ring (bicyclic) bond motifs is 1. The Morgan fingerprint density at radius 2 is 2.15 bits per heavy atom. The lowest BCUT2D eigenvalue weighted by Gasteiger charge is -2.22. The number of hydrogen-bond acceptors (Lipinski definition) is 7. The zero-order valence-corrected chi connectivity index (χ0v) is 16.7. The molecule has 0 spiro atoms. The molecule has 4 rings (SSSR count). The van der Waals surface area contributed by atoms with Gasteiger partial charge >= 0.3 is 0 Å². The van der Waals surface area contributed by atoms with Gasteiger partial charge in [0.05, 0.1) is 5.75 Å². The minimum atomic E-state index is -3.61. The summed E-state index contributed by atoms with van der Waals surface area (Å²) in [5.74, 6) is 0.490. The van der Waals surface area contributed by atoms with Crippen molar-refractivity contribution in [2.45, 2.75) is 44.3 Å². The maximum absolute atomic E-state index is 11.5. The molecular weight excluding hydrogens is 384 g/mol. The Labute approximate surface area is 162 Å². The predicted octanol–water partition coefficient (Wildman–Crippen LogP) is 2.19. The molecule has 144 valence electrons. The van der Waals surface area contributed by atoms with Crippen LogP contribution in [-0.4, -0.2) is 33.7 Å². The number of thioether (sulfide) groups is 1. The summed E-state index contributed by atoms with van der Waals surface area (Å²) < 4.78 is 24.7. The van der Waals surface area contributed by atoms with E-state index in [4.69, 9.17) is 10.9 Å². The van der Waals surface area contributed by atoms with E-state index in [-0.39, 0.29) is 18.1 Å². The number of nitrogen functional groups attached to an aromatic ring is 1. The van der Waals surface area contributed by atoms with Gasteiger partial charge in [0.1, 0.15) is 6.33 Å². The molecular formula is C17H22N6O2S2. The summed E-state index contributed by atoms with van der Waals surface area (Å²) in [6.07, 6.45) is 8.27. The lowest BCUT2D eigenvalue weighted by molar-refractivity contribution is 0.587. The average molecular weight is 407 g/mol. The van der Waals surface area contributed by atoms with Gasteiger partial charge in [0.2, 0.25) is 10.0 Å². The monoisotopic (exact) mass is 406 g/mol. The maximum atomic E-state index is 11.5. The molecule has 4 N–H and O–H groups in total. The molecule has 2 aromatic heterocycles. The molecule has 10 heteroatoms. The van der Waals surface area contributed by atoms with E-state index in [1.807, 2.05) is 0 Å². The number of aryl methyl sites for hydroxylation is 1. The molecule has 0 aromatic carbocycles. The first-order valence-corrected chi connectivity index (χ1v) is 11.4. The Morgan fingerprint density at radius 3 is 2.93 bits per heavy atom. The lowest BCUT2D eigenvalue weighted by atomic mass is 9.92. The summed E-state index contributed by atoms with van der Waals surface area (Å²) >= 11 is 1.55. The fraction of sp³-hybridized carbons (Fsp3) is 0.471. The topological polar surface area (TPSA) is 130 Å². The van der Waals surface area contributed by atoms with Crippen LogP contribution in [0.5, 0.6) is 0 Å². The van der Waals surface area contributed by atoms with Crippen LogP contribution in [0.4, 0.5) is 5.82 Å². The van der Waals surface area contributed by atoms with Crippen LogP contribution in [0, 0.1) is 5.92 Å². The highest BCUT2D eigenvalue weighted by Gasteiger charge is 2.26. The zero-order chi connectivity index (χ0) is 19.2. The van der Waals surface area contributed by atoms with E-state index in [1.54, 1.807) is 21.9 Å². The molecule has 0 aliphatic heterocycles. The molecule has 2 aromatic rings. The second-order valence-corrected chi connectivity index (χ2v) is 9.86. The quantitative estimate of drug-likeness (QED) is 0.778. The van der Waals surface area contributed by atoms with Crippen molar-refractivity contribution in [1.82, 2.24) is 19.5 Å². The smallest absolute Gasteiger partial charge is 0.210 e. The third-order valence-electron chi connectivity index (χ3n) is 5.07. The third kappa shape index (κ3) is 3.74. The number of anilines is 1. The van der Waals surface area contributed by atoms with Gasteiger partial charge in [-0.1, -0.05) is 24.3 Å². The Kier molecular flexibility index (Phi) is 4.73. The Balaban J connectivity index is 1.73. The summed E-state index contributed by atoms with van der Waals surface area (Å²) in [7, 11) is -3.61. The van der Waals surface area contributed by atoms with E-state index in [1.165, 1.54) is 29.6 Å². The van der Waals surface area contributed by atoms with Gasteiger partial charge in [0.25, 0.3) is 0 Å². The van der Waals surface area contributed by atoms with E-state index in [9.17, 15) is 8.42 Å². The summed E-state index contributed by atoms with van der Waals surface area (Å²) in [5, 5.41) is 5.87. The predicted molar refractivity (Wildman–Crippen MR) is 106 cm³/mol. The number of primary sulfonamides is 1. The molecule has 27 heavy (non-hydrogen) atoms. The van der Waals surface area contributed by atoms with Crippen molar-refractivity contribution in [2.75, 3.05) is 11.5 Å². The number of rotatable bonds is 5. The van der Waals surface area contributed by atoms with Gasteiger partial charge < -0.3 is 10.3 Å². The van der Waals surface area contributed by atoms with Crippen molar-refractivity contribution in [3.8, 4) is 0 Å². The number of nitrogens with zero attached hydrogens (tertiary/aromatic N) is 4. The molecule has 2 aliphatic carbocycles. The van der Waals surface area contributed by atoms with Gasteiger partial charge in [-0.2, -0.15) is 0 Å². The number of sulfonamides is 1. The van der Waals surface area contributed by atoms with Gasteiger partial charge in [0.15, 0.2) is 22.1 Å². The first-order chi connectivity index (χ1) is 12.8.